The van der Waals surface area contributed by atoms with Gasteiger partial charge in [-0.15, -0.1) is 0 Å². The number of carbonyl (C=O) groups is 1. The minimum absolute atomic E-state index is 0.00924. The second kappa shape index (κ2) is 11.3. The number of halogens is 4. The third-order valence-electron chi connectivity index (χ3n) is 7.00. The second-order valence-electron chi connectivity index (χ2n) is 11.5. The predicted molar refractivity (Wildman–Crippen MR) is 147 cm³/mol. The van der Waals surface area contributed by atoms with E-state index in [9.17, 15) is 10.1 Å². The molecule has 1 saturated heterocycles. The number of nitrogens with zero attached hydrogens (tertiary/aromatic N) is 2. The standard InChI is InChI=1S/C29H33Cl2F2N3O2/c1-27(2,3)38-26(37)25-23(18-8-7-9-20(31)24(18)33)29(16-34,19-11-10-17(30)14-21(19)32)22(36-25)15-28(4,5)12-13-35-6/h7-11,14,22-23,25,36H,6,12-13,15H2,1-5H3/t22-,23-,25+,29-/m0/s1. The van der Waals surface area contributed by atoms with Crippen molar-refractivity contribution in [3.05, 3.63) is 69.2 Å². The minimum Gasteiger partial charge on any atom is -0.459 e. The lowest BCUT2D eigenvalue weighted by Crippen LogP contribution is -2.45. The summed E-state index contributed by atoms with van der Waals surface area (Å²) in [5, 5.41) is 14.2. The number of nitriles is 1. The van der Waals surface area contributed by atoms with Crippen molar-refractivity contribution in [3.63, 3.8) is 0 Å². The summed E-state index contributed by atoms with van der Waals surface area (Å²) < 4.78 is 37.1. The van der Waals surface area contributed by atoms with Crippen LogP contribution in [0.5, 0.6) is 0 Å². The third-order valence-corrected chi connectivity index (χ3v) is 7.52. The molecule has 204 valence electrons. The van der Waals surface area contributed by atoms with Crippen molar-refractivity contribution in [2.45, 2.75) is 76.5 Å². The fraction of sp³-hybridized carbons (Fsp3) is 0.483. The lowest BCUT2D eigenvalue weighted by Gasteiger charge is -2.38. The average Bonchev–Trinajstić information content (AvgIpc) is 3.12. The lowest BCUT2D eigenvalue weighted by molar-refractivity contribution is -0.157. The van der Waals surface area contributed by atoms with Gasteiger partial charge in [0.05, 0.1) is 11.1 Å². The van der Waals surface area contributed by atoms with E-state index in [0.717, 1.165) is 6.07 Å². The maximum absolute atomic E-state index is 15.7. The number of hydrogen-bond donors (Lipinski definition) is 1. The Labute approximate surface area is 233 Å². The van der Waals surface area contributed by atoms with Crippen molar-refractivity contribution < 1.29 is 18.3 Å². The summed E-state index contributed by atoms with van der Waals surface area (Å²) in [4.78, 5) is 17.6. The van der Waals surface area contributed by atoms with E-state index in [2.05, 4.69) is 23.1 Å². The van der Waals surface area contributed by atoms with Gasteiger partial charge in [-0.2, -0.15) is 5.26 Å². The number of carbonyl (C=O) groups excluding carboxylic acids is 1. The van der Waals surface area contributed by atoms with Crippen molar-refractivity contribution >= 4 is 35.9 Å². The van der Waals surface area contributed by atoms with Crippen LogP contribution >= 0.6 is 23.2 Å². The van der Waals surface area contributed by atoms with Crippen molar-refractivity contribution in [1.82, 2.24) is 5.32 Å². The molecule has 0 bridgehead atoms. The molecule has 3 rings (SSSR count). The van der Waals surface area contributed by atoms with E-state index in [-0.39, 0.29) is 21.2 Å². The molecule has 9 heteroatoms. The van der Waals surface area contributed by atoms with Crippen LogP contribution in [0.15, 0.2) is 41.4 Å². The number of nitrogens with one attached hydrogen (secondary N) is 1. The molecule has 1 fully saturated rings. The number of ether oxygens (including phenoxy) is 1. The van der Waals surface area contributed by atoms with Crippen LogP contribution in [0.25, 0.3) is 0 Å². The molecular weight excluding hydrogens is 531 g/mol. The molecule has 0 aromatic heterocycles. The first-order valence-corrected chi connectivity index (χ1v) is 13.1. The van der Waals surface area contributed by atoms with E-state index in [4.69, 9.17) is 27.9 Å². The van der Waals surface area contributed by atoms with Gasteiger partial charge in [0.15, 0.2) is 0 Å². The van der Waals surface area contributed by atoms with Crippen LogP contribution in [0.2, 0.25) is 10.0 Å². The second-order valence-corrected chi connectivity index (χ2v) is 12.4. The Morgan fingerprint density at radius 1 is 1.21 bits per heavy atom. The van der Waals surface area contributed by atoms with E-state index in [1.807, 2.05) is 13.8 Å². The topological polar surface area (TPSA) is 74.5 Å². The van der Waals surface area contributed by atoms with Crippen molar-refractivity contribution in [2.75, 3.05) is 6.54 Å². The summed E-state index contributed by atoms with van der Waals surface area (Å²) in [5.74, 6) is -3.35. The molecule has 0 radical (unpaired) electrons. The number of esters is 1. The van der Waals surface area contributed by atoms with E-state index in [1.165, 1.54) is 24.3 Å². The van der Waals surface area contributed by atoms with Crippen molar-refractivity contribution in [1.29, 1.82) is 5.26 Å². The normalized spacial score (nSPS) is 23.6. The van der Waals surface area contributed by atoms with Gasteiger partial charge in [0.2, 0.25) is 0 Å². The van der Waals surface area contributed by atoms with Crippen molar-refractivity contribution in [3.8, 4) is 6.07 Å². The van der Waals surface area contributed by atoms with Crippen molar-refractivity contribution in [2.24, 2.45) is 10.4 Å². The highest BCUT2D eigenvalue weighted by atomic mass is 35.5. The van der Waals surface area contributed by atoms with Gasteiger partial charge in [-0.05, 0) is 69.5 Å². The third kappa shape index (κ3) is 6.03. The Kier molecular flexibility index (Phi) is 8.92. The van der Waals surface area contributed by atoms with E-state index in [1.54, 1.807) is 26.8 Å². The summed E-state index contributed by atoms with van der Waals surface area (Å²) in [6, 6.07) is 8.81. The molecule has 1 aliphatic rings. The van der Waals surface area contributed by atoms with Gasteiger partial charge in [0.1, 0.15) is 28.7 Å². The maximum Gasteiger partial charge on any atom is 0.324 e. The van der Waals surface area contributed by atoms with Crippen LogP contribution in [-0.4, -0.2) is 36.9 Å². The highest BCUT2D eigenvalue weighted by molar-refractivity contribution is 6.31. The monoisotopic (exact) mass is 563 g/mol. The molecule has 0 amide bonds. The molecular formula is C29H33Cl2F2N3O2. The van der Waals surface area contributed by atoms with E-state index in [0.29, 0.717) is 19.4 Å². The highest BCUT2D eigenvalue weighted by Crippen LogP contribution is 2.53. The molecule has 5 nitrogen and oxygen atoms in total. The molecule has 0 unspecified atom stereocenters. The van der Waals surface area contributed by atoms with Gasteiger partial charge in [-0.3, -0.25) is 10.1 Å². The zero-order chi connectivity index (χ0) is 28.5. The van der Waals surface area contributed by atoms with Crippen LogP contribution in [0.3, 0.4) is 0 Å². The molecule has 0 spiro atoms. The molecule has 4 atom stereocenters. The van der Waals surface area contributed by atoms with E-state index < -0.39 is 52.0 Å². The maximum atomic E-state index is 15.7. The van der Waals surface area contributed by atoms with Crippen LogP contribution in [0.1, 0.15) is 64.5 Å². The van der Waals surface area contributed by atoms with Crippen LogP contribution in [0, 0.1) is 28.4 Å². The Bertz CT molecular complexity index is 1260. The Morgan fingerprint density at radius 3 is 2.47 bits per heavy atom. The number of benzene rings is 2. The largest absolute Gasteiger partial charge is 0.459 e. The van der Waals surface area contributed by atoms with Gasteiger partial charge in [0.25, 0.3) is 0 Å². The Hall–Kier alpha value is -2.53. The predicted octanol–water partition coefficient (Wildman–Crippen LogP) is 7.01. The fourth-order valence-corrected chi connectivity index (χ4v) is 5.66. The van der Waals surface area contributed by atoms with E-state index >= 15 is 8.78 Å². The molecule has 1 N–H and O–H groups in total. The van der Waals surface area contributed by atoms with Crippen LogP contribution in [0.4, 0.5) is 8.78 Å². The quantitative estimate of drug-likeness (QED) is 0.277. The smallest absolute Gasteiger partial charge is 0.324 e. The first kappa shape index (κ1) is 30.0. The van der Waals surface area contributed by atoms with Crippen LogP contribution in [-0.2, 0) is 14.9 Å². The average molecular weight is 565 g/mol. The summed E-state index contributed by atoms with van der Waals surface area (Å²) >= 11 is 12.2. The Balaban J connectivity index is 2.34. The van der Waals surface area contributed by atoms with Gasteiger partial charge >= 0.3 is 5.97 Å². The minimum atomic E-state index is -1.72. The zero-order valence-corrected chi connectivity index (χ0v) is 23.8. The molecule has 38 heavy (non-hydrogen) atoms. The van der Waals surface area contributed by atoms with Gasteiger partial charge in [0, 0.05) is 29.1 Å². The first-order valence-electron chi connectivity index (χ1n) is 12.4. The molecule has 0 saturated carbocycles. The summed E-state index contributed by atoms with van der Waals surface area (Å²) in [6.07, 6.45) is 0.975. The number of hydrogen-bond acceptors (Lipinski definition) is 5. The highest BCUT2D eigenvalue weighted by Gasteiger charge is 2.62. The van der Waals surface area contributed by atoms with Gasteiger partial charge in [-0.25, -0.2) is 8.78 Å². The molecule has 0 aliphatic carbocycles. The van der Waals surface area contributed by atoms with Crippen LogP contribution < -0.4 is 5.32 Å². The summed E-state index contributed by atoms with van der Waals surface area (Å²) in [5.41, 5.74) is -2.95. The summed E-state index contributed by atoms with van der Waals surface area (Å²) in [7, 11) is 0. The number of aliphatic imine (C=N–C) groups is 1. The van der Waals surface area contributed by atoms with Gasteiger partial charge in [-0.1, -0.05) is 55.2 Å². The molecule has 2 aromatic carbocycles. The SMILES string of the molecule is C=NCCC(C)(C)C[C@@H]1N[C@@H](C(=O)OC(C)(C)C)[C@H](c2cccc(Cl)c2F)[C@@]1(C#N)c1ccc(Cl)cc1F. The number of rotatable bonds is 8. The zero-order valence-electron chi connectivity index (χ0n) is 22.2. The molecule has 2 aromatic rings. The molecule has 1 aliphatic heterocycles. The lowest BCUT2D eigenvalue weighted by atomic mass is 9.62. The fourth-order valence-electron chi connectivity index (χ4n) is 5.32. The molecule has 1 heterocycles. The van der Waals surface area contributed by atoms with Gasteiger partial charge < -0.3 is 9.73 Å². The first-order chi connectivity index (χ1) is 17.7. The Morgan fingerprint density at radius 2 is 1.89 bits per heavy atom. The summed E-state index contributed by atoms with van der Waals surface area (Å²) in [6.45, 7) is 13.2.